The van der Waals surface area contributed by atoms with E-state index in [1.54, 1.807) is 0 Å². The van der Waals surface area contributed by atoms with Gasteiger partial charge in [-0.2, -0.15) is 0 Å². The van der Waals surface area contributed by atoms with E-state index in [0.717, 1.165) is 31.7 Å². The van der Waals surface area contributed by atoms with Crippen molar-refractivity contribution in [1.29, 1.82) is 0 Å². The second-order valence-corrected chi connectivity index (χ2v) is 7.32. The lowest BCUT2D eigenvalue weighted by molar-refractivity contribution is -0.135. The molecule has 0 radical (unpaired) electrons. The zero-order valence-corrected chi connectivity index (χ0v) is 14.6. The summed E-state index contributed by atoms with van der Waals surface area (Å²) >= 11 is 0. The maximum atomic E-state index is 12.5. The zero-order valence-electron chi connectivity index (χ0n) is 14.6. The summed E-state index contributed by atoms with van der Waals surface area (Å²) in [5.74, 6) is 1.97. The molecule has 3 heteroatoms. The molecule has 0 spiro atoms. The van der Waals surface area contributed by atoms with E-state index in [-0.39, 0.29) is 12.0 Å². The molecule has 0 aromatic rings. The van der Waals surface area contributed by atoms with Crippen LogP contribution in [0.5, 0.6) is 0 Å². The third-order valence-corrected chi connectivity index (χ3v) is 5.19. The molecule has 1 unspecified atom stereocenters. The molecule has 0 aromatic heterocycles. The van der Waals surface area contributed by atoms with Gasteiger partial charge in [-0.25, -0.2) is 0 Å². The third-order valence-electron chi connectivity index (χ3n) is 5.19. The van der Waals surface area contributed by atoms with E-state index in [0.29, 0.717) is 11.8 Å². The minimum absolute atomic E-state index is 0.199. The number of hydrogen-bond donors (Lipinski definition) is 1. The van der Waals surface area contributed by atoms with Crippen LogP contribution in [-0.4, -0.2) is 30.4 Å². The number of nitrogens with two attached hydrogens (primary N) is 1. The van der Waals surface area contributed by atoms with Crippen molar-refractivity contribution in [2.24, 2.45) is 23.5 Å². The van der Waals surface area contributed by atoms with Gasteiger partial charge in [-0.1, -0.05) is 40.0 Å². The SMILES string of the molecule is CCCCC1CCC(C(=O)N(C)CCC(N)C(C)C)CC1. The zero-order chi connectivity index (χ0) is 15.8. The Labute approximate surface area is 131 Å². The highest BCUT2D eigenvalue weighted by atomic mass is 16.2. The van der Waals surface area contributed by atoms with Gasteiger partial charge >= 0.3 is 0 Å². The van der Waals surface area contributed by atoms with E-state index < -0.39 is 0 Å². The van der Waals surface area contributed by atoms with Crippen molar-refractivity contribution in [3.05, 3.63) is 0 Å². The highest BCUT2D eigenvalue weighted by molar-refractivity contribution is 5.78. The van der Waals surface area contributed by atoms with Crippen LogP contribution in [0.2, 0.25) is 0 Å². The highest BCUT2D eigenvalue weighted by Crippen LogP contribution is 2.32. The summed E-state index contributed by atoms with van der Waals surface area (Å²) in [5, 5.41) is 0. The topological polar surface area (TPSA) is 46.3 Å². The summed E-state index contributed by atoms with van der Waals surface area (Å²) in [6, 6.07) is 0.199. The number of rotatable bonds is 8. The van der Waals surface area contributed by atoms with Crippen LogP contribution in [0, 0.1) is 17.8 Å². The van der Waals surface area contributed by atoms with Crippen LogP contribution in [-0.2, 0) is 4.79 Å². The van der Waals surface area contributed by atoms with Crippen LogP contribution in [0.1, 0.15) is 72.1 Å². The van der Waals surface area contributed by atoms with E-state index in [9.17, 15) is 4.79 Å². The van der Waals surface area contributed by atoms with Crippen molar-refractivity contribution in [3.63, 3.8) is 0 Å². The van der Waals surface area contributed by atoms with E-state index in [4.69, 9.17) is 5.73 Å². The minimum Gasteiger partial charge on any atom is -0.345 e. The molecule has 1 aliphatic carbocycles. The van der Waals surface area contributed by atoms with Crippen LogP contribution in [0.3, 0.4) is 0 Å². The molecule has 1 aliphatic rings. The van der Waals surface area contributed by atoms with Gasteiger partial charge in [0.1, 0.15) is 0 Å². The average Bonchev–Trinajstić information content (AvgIpc) is 2.49. The second kappa shape index (κ2) is 9.45. The molecule has 0 saturated heterocycles. The summed E-state index contributed by atoms with van der Waals surface area (Å²) in [4.78, 5) is 14.4. The van der Waals surface area contributed by atoms with E-state index in [1.165, 1.54) is 32.1 Å². The fourth-order valence-electron chi connectivity index (χ4n) is 3.29. The van der Waals surface area contributed by atoms with Gasteiger partial charge < -0.3 is 10.6 Å². The quantitative estimate of drug-likeness (QED) is 0.740. The molecule has 3 nitrogen and oxygen atoms in total. The van der Waals surface area contributed by atoms with E-state index in [2.05, 4.69) is 20.8 Å². The second-order valence-electron chi connectivity index (χ2n) is 7.32. The van der Waals surface area contributed by atoms with Crippen LogP contribution in [0.4, 0.5) is 0 Å². The largest absolute Gasteiger partial charge is 0.345 e. The van der Waals surface area contributed by atoms with Crippen LogP contribution < -0.4 is 5.73 Å². The Morgan fingerprint density at radius 2 is 1.86 bits per heavy atom. The van der Waals surface area contributed by atoms with Gasteiger partial charge in [-0.05, 0) is 43.9 Å². The van der Waals surface area contributed by atoms with Gasteiger partial charge in [0, 0.05) is 25.6 Å². The molecule has 124 valence electrons. The lowest BCUT2D eigenvalue weighted by Gasteiger charge is -2.31. The number of carbonyl (C=O) groups is 1. The molecule has 0 aromatic carbocycles. The summed E-state index contributed by atoms with van der Waals surface area (Å²) < 4.78 is 0. The molecule has 2 N–H and O–H groups in total. The van der Waals surface area contributed by atoms with Crippen LogP contribution in [0.15, 0.2) is 0 Å². The molecule has 0 heterocycles. The first-order valence-corrected chi connectivity index (χ1v) is 8.96. The first kappa shape index (κ1) is 18.5. The average molecular weight is 296 g/mol. The first-order valence-electron chi connectivity index (χ1n) is 8.96. The van der Waals surface area contributed by atoms with Gasteiger partial charge in [0.15, 0.2) is 0 Å². The summed E-state index contributed by atoms with van der Waals surface area (Å²) in [7, 11) is 1.94. The van der Waals surface area contributed by atoms with Crippen molar-refractivity contribution in [1.82, 2.24) is 4.90 Å². The number of hydrogen-bond acceptors (Lipinski definition) is 2. The molecular weight excluding hydrogens is 260 g/mol. The van der Waals surface area contributed by atoms with Gasteiger partial charge in [-0.3, -0.25) is 4.79 Å². The molecule has 1 rings (SSSR count). The summed E-state index contributed by atoms with van der Waals surface area (Å²) in [6.07, 6.45) is 9.57. The number of carbonyl (C=O) groups excluding carboxylic acids is 1. The fourth-order valence-corrected chi connectivity index (χ4v) is 3.29. The van der Waals surface area contributed by atoms with Crippen LogP contribution >= 0.6 is 0 Å². The molecular formula is C18H36N2O. The molecule has 0 bridgehead atoms. The van der Waals surface area contributed by atoms with Crippen molar-refractivity contribution in [3.8, 4) is 0 Å². The molecule has 0 aliphatic heterocycles. The normalized spacial score (nSPS) is 24.1. The number of unbranched alkanes of at least 4 members (excludes halogenated alkanes) is 1. The van der Waals surface area contributed by atoms with Crippen molar-refractivity contribution in [2.75, 3.05) is 13.6 Å². The van der Waals surface area contributed by atoms with Crippen LogP contribution in [0.25, 0.3) is 0 Å². The van der Waals surface area contributed by atoms with Gasteiger partial charge in [0.2, 0.25) is 5.91 Å². The molecule has 1 amide bonds. The standard InChI is InChI=1S/C18H36N2O/c1-5-6-7-15-8-10-16(11-9-15)18(21)20(4)13-12-17(19)14(2)3/h14-17H,5-13,19H2,1-4H3. The highest BCUT2D eigenvalue weighted by Gasteiger charge is 2.28. The Balaban J connectivity index is 2.29. The Hall–Kier alpha value is -0.570. The maximum Gasteiger partial charge on any atom is 0.225 e. The van der Waals surface area contributed by atoms with Gasteiger partial charge in [0.05, 0.1) is 0 Å². The Morgan fingerprint density at radius 1 is 1.24 bits per heavy atom. The smallest absolute Gasteiger partial charge is 0.225 e. The fraction of sp³-hybridized carbons (Fsp3) is 0.944. The lowest BCUT2D eigenvalue weighted by atomic mass is 9.79. The molecule has 1 atom stereocenters. The Kier molecular flexibility index (Phi) is 8.31. The summed E-state index contributed by atoms with van der Waals surface area (Å²) in [6.45, 7) is 7.34. The van der Waals surface area contributed by atoms with Crippen molar-refractivity contribution >= 4 is 5.91 Å². The monoisotopic (exact) mass is 296 g/mol. The van der Waals surface area contributed by atoms with Gasteiger partial charge in [0.25, 0.3) is 0 Å². The number of amides is 1. The lowest BCUT2D eigenvalue weighted by Crippen LogP contribution is -2.38. The Bertz CT molecular complexity index is 296. The van der Waals surface area contributed by atoms with Crippen molar-refractivity contribution in [2.45, 2.75) is 78.2 Å². The third kappa shape index (κ3) is 6.37. The van der Waals surface area contributed by atoms with E-state index >= 15 is 0 Å². The Morgan fingerprint density at radius 3 is 2.38 bits per heavy atom. The summed E-state index contributed by atoms with van der Waals surface area (Å²) in [5.41, 5.74) is 6.07. The molecule has 21 heavy (non-hydrogen) atoms. The predicted molar refractivity (Wildman–Crippen MR) is 90.0 cm³/mol. The predicted octanol–water partition coefficient (Wildman–Crippen LogP) is 3.81. The molecule has 1 saturated carbocycles. The first-order chi connectivity index (χ1) is 9.95. The minimum atomic E-state index is 0.199. The number of nitrogens with zero attached hydrogens (tertiary/aromatic N) is 1. The van der Waals surface area contributed by atoms with E-state index in [1.807, 2.05) is 11.9 Å². The molecule has 1 fully saturated rings. The van der Waals surface area contributed by atoms with Gasteiger partial charge in [-0.15, -0.1) is 0 Å². The maximum absolute atomic E-state index is 12.5. The van der Waals surface area contributed by atoms with Crippen molar-refractivity contribution < 1.29 is 4.79 Å².